The number of ether oxygens (including phenoxy) is 1. The summed E-state index contributed by atoms with van der Waals surface area (Å²) in [7, 11) is 0. The second-order valence-electron chi connectivity index (χ2n) is 8.64. The molecule has 7 nitrogen and oxygen atoms in total. The summed E-state index contributed by atoms with van der Waals surface area (Å²) >= 11 is 0. The van der Waals surface area contributed by atoms with Gasteiger partial charge < -0.3 is 20.5 Å². The molecule has 1 aliphatic carbocycles. The Kier molecular flexibility index (Phi) is 8.46. The first-order valence-corrected chi connectivity index (χ1v) is 11.5. The van der Waals surface area contributed by atoms with Gasteiger partial charge in [0, 0.05) is 24.9 Å². The fraction of sp³-hybridized carbons (Fsp3) is 0.423. The third-order valence-electron chi connectivity index (χ3n) is 6.07. The first-order valence-electron chi connectivity index (χ1n) is 11.5. The molecule has 0 heterocycles. The van der Waals surface area contributed by atoms with Crippen LogP contribution in [0.25, 0.3) is 11.1 Å². The van der Waals surface area contributed by atoms with Crippen LogP contribution in [0.2, 0.25) is 0 Å². The molecule has 0 radical (unpaired) electrons. The predicted molar refractivity (Wildman–Crippen MR) is 126 cm³/mol. The van der Waals surface area contributed by atoms with E-state index >= 15 is 0 Å². The van der Waals surface area contributed by atoms with Crippen molar-refractivity contribution in [3.8, 4) is 11.1 Å². The number of hydrogen-bond donors (Lipinski definition) is 3. The van der Waals surface area contributed by atoms with Crippen molar-refractivity contribution in [3.63, 3.8) is 0 Å². The largest absolute Gasteiger partial charge is 0.481 e. The van der Waals surface area contributed by atoms with Gasteiger partial charge in [0.25, 0.3) is 0 Å². The van der Waals surface area contributed by atoms with Crippen LogP contribution in [0.4, 0.5) is 4.79 Å². The molecule has 1 aliphatic rings. The van der Waals surface area contributed by atoms with E-state index in [0.29, 0.717) is 25.8 Å². The minimum absolute atomic E-state index is 0.00748. The molecule has 0 saturated carbocycles. The SMILES string of the molecule is CC(CCC(=O)NCCCC(C)C(=O)O)NC(=O)OCC1c2ccccc2-c2ccccc21. The molecule has 2 aromatic carbocycles. The number of carbonyl (C=O) groups excluding carboxylic acids is 2. The maximum atomic E-state index is 12.3. The number of carbonyl (C=O) groups is 3. The summed E-state index contributed by atoms with van der Waals surface area (Å²) < 4.78 is 5.54. The van der Waals surface area contributed by atoms with Gasteiger partial charge in [-0.25, -0.2) is 4.79 Å². The summed E-state index contributed by atoms with van der Waals surface area (Å²) in [6.07, 6.45) is 1.41. The molecule has 7 heteroatoms. The highest BCUT2D eigenvalue weighted by Crippen LogP contribution is 2.44. The van der Waals surface area contributed by atoms with E-state index in [0.717, 1.165) is 11.1 Å². The fourth-order valence-corrected chi connectivity index (χ4v) is 4.11. The summed E-state index contributed by atoms with van der Waals surface area (Å²) in [5.41, 5.74) is 4.68. The average molecular weight is 453 g/mol. The van der Waals surface area contributed by atoms with E-state index in [4.69, 9.17) is 9.84 Å². The summed E-state index contributed by atoms with van der Waals surface area (Å²) in [5, 5.41) is 14.4. The number of carboxylic acids is 1. The lowest BCUT2D eigenvalue weighted by atomic mass is 9.98. The normalized spacial score (nSPS) is 14.0. The van der Waals surface area contributed by atoms with Gasteiger partial charge in [-0.05, 0) is 48.4 Å². The number of alkyl carbamates (subject to hydrolysis) is 1. The van der Waals surface area contributed by atoms with Crippen LogP contribution in [0.3, 0.4) is 0 Å². The molecule has 176 valence electrons. The predicted octanol–water partition coefficient (Wildman–Crippen LogP) is 4.31. The molecule has 0 saturated heterocycles. The minimum Gasteiger partial charge on any atom is -0.481 e. The van der Waals surface area contributed by atoms with E-state index in [-0.39, 0.29) is 30.9 Å². The number of amides is 2. The van der Waals surface area contributed by atoms with E-state index in [1.807, 2.05) is 31.2 Å². The van der Waals surface area contributed by atoms with Gasteiger partial charge in [0.2, 0.25) is 5.91 Å². The molecule has 0 bridgehead atoms. The number of carboxylic acid groups (broad SMARTS) is 1. The summed E-state index contributed by atoms with van der Waals surface area (Å²) in [4.78, 5) is 35.1. The molecule has 2 amide bonds. The zero-order valence-electron chi connectivity index (χ0n) is 19.2. The van der Waals surface area contributed by atoms with Gasteiger partial charge in [-0.1, -0.05) is 55.5 Å². The first-order chi connectivity index (χ1) is 15.9. The van der Waals surface area contributed by atoms with E-state index in [2.05, 4.69) is 34.9 Å². The van der Waals surface area contributed by atoms with Gasteiger partial charge in [-0.3, -0.25) is 9.59 Å². The number of benzene rings is 2. The number of hydrogen-bond acceptors (Lipinski definition) is 4. The Morgan fingerprint density at radius 1 is 0.970 bits per heavy atom. The molecule has 0 aliphatic heterocycles. The smallest absolute Gasteiger partial charge is 0.407 e. The highest BCUT2D eigenvalue weighted by molar-refractivity contribution is 5.79. The standard InChI is InChI=1S/C26H32N2O5/c1-17(25(30)31)8-7-15-27-24(29)14-13-18(2)28-26(32)33-16-23-21-11-5-3-9-19(21)20-10-4-6-12-22(20)23/h3-6,9-12,17-18,23H,7-8,13-16H2,1-2H3,(H,27,29)(H,28,32)(H,30,31). The Labute approximate surface area is 194 Å². The van der Waals surface area contributed by atoms with Crippen LogP contribution >= 0.6 is 0 Å². The highest BCUT2D eigenvalue weighted by Gasteiger charge is 2.29. The van der Waals surface area contributed by atoms with Crippen molar-refractivity contribution < 1.29 is 24.2 Å². The van der Waals surface area contributed by atoms with E-state index < -0.39 is 18.0 Å². The maximum absolute atomic E-state index is 12.3. The average Bonchev–Trinajstić information content (AvgIpc) is 3.12. The van der Waals surface area contributed by atoms with Crippen LogP contribution in [-0.2, 0) is 14.3 Å². The summed E-state index contributed by atoms with van der Waals surface area (Å²) in [5.74, 6) is -1.34. The molecule has 2 aromatic rings. The van der Waals surface area contributed by atoms with E-state index in [1.54, 1.807) is 6.92 Å². The Bertz CT molecular complexity index is 945. The molecular weight excluding hydrogens is 420 g/mol. The van der Waals surface area contributed by atoms with E-state index in [1.165, 1.54) is 11.1 Å². The first kappa shape index (κ1) is 24.3. The van der Waals surface area contributed by atoms with Crippen LogP contribution in [-0.4, -0.2) is 42.3 Å². The van der Waals surface area contributed by atoms with Gasteiger partial charge in [0.15, 0.2) is 0 Å². The highest BCUT2D eigenvalue weighted by atomic mass is 16.5. The Morgan fingerprint density at radius 2 is 1.58 bits per heavy atom. The molecule has 33 heavy (non-hydrogen) atoms. The monoisotopic (exact) mass is 452 g/mol. The fourth-order valence-electron chi connectivity index (χ4n) is 4.11. The Morgan fingerprint density at radius 3 is 2.18 bits per heavy atom. The molecule has 2 atom stereocenters. The zero-order chi connectivity index (χ0) is 23.8. The maximum Gasteiger partial charge on any atom is 0.407 e. The molecule has 3 N–H and O–H groups in total. The van der Waals surface area contributed by atoms with Crippen LogP contribution in [0, 0.1) is 5.92 Å². The van der Waals surface area contributed by atoms with Crippen LogP contribution in [0.5, 0.6) is 0 Å². The van der Waals surface area contributed by atoms with Crippen molar-refractivity contribution >= 4 is 18.0 Å². The Hall–Kier alpha value is -3.35. The summed E-state index contributed by atoms with van der Waals surface area (Å²) in [6.45, 7) is 4.19. The third kappa shape index (κ3) is 6.57. The van der Waals surface area contributed by atoms with Gasteiger partial charge >= 0.3 is 12.1 Å². The number of aliphatic carboxylic acids is 1. The molecule has 0 fully saturated rings. The minimum atomic E-state index is -0.825. The third-order valence-corrected chi connectivity index (χ3v) is 6.07. The second kappa shape index (κ2) is 11.5. The molecule has 0 aromatic heterocycles. The van der Waals surface area contributed by atoms with Crippen LogP contribution in [0.1, 0.15) is 56.6 Å². The van der Waals surface area contributed by atoms with Crippen molar-refractivity contribution in [2.24, 2.45) is 5.92 Å². The number of rotatable bonds is 11. The van der Waals surface area contributed by atoms with Gasteiger partial charge in [-0.2, -0.15) is 0 Å². The van der Waals surface area contributed by atoms with Crippen molar-refractivity contribution in [2.75, 3.05) is 13.2 Å². The molecule has 2 unspecified atom stereocenters. The van der Waals surface area contributed by atoms with Crippen molar-refractivity contribution in [2.45, 2.75) is 51.5 Å². The van der Waals surface area contributed by atoms with Gasteiger partial charge in [-0.15, -0.1) is 0 Å². The van der Waals surface area contributed by atoms with Gasteiger partial charge in [0.05, 0.1) is 5.92 Å². The summed E-state index contributed by atoms with van der Waals surface area (Å²) in [6, 6.07) is 16.1. The second-order valence-corrected chi connectivity index (χ2v) is 8.64. The van der Waals surface area contributed by atoms with Crippen LogP contribution in [0.15, 0.2) is 48.5 Å². The lowest BCUT2D eigenvalue weighted by Gasteiger charge is -2.17. The quantitative estimate of drug-likeness (QED) is 0.441. The molecular formula is C26H32N2O5. The zero-order valence-corrected chi connectivity index (χ0v) is 19.2. The number of fused-ring (bicyclic) bond motifs is 3. The molecule has 0 spiro atoms. The van der Waals surface area contributed by atoms with Crippen molar-refractivity contribution in [1.82, 2.24) is 10.6 Å². The Balaban J connectivity index is 1.38. The van der Waals surface area contributed by atoms with Crippen molar-refractivity contribution in [3.05, 3.63) is 59.7 Å². The van der Waals surface area contributed by atoms with Crippen LogP contribution < -0.4 is 10.6 Å². The topological polar surface area (TPSA) is 105 Å². The lowest BCUT2D eigenvalue weighted by Crippen LogP contribution is -2.35. The molecule has 3 rings (SSSR count). The van der Waals surface area contributed by atoms with Gasteiger partial charge in [0.1, 0.15) is 6.61 Å². The van der Waals surface area contributed by atoms with E-state index in [9.17, 15) is 14.4 Å². The van der Waals surface area contributed by atoms with Crippen molar-refractivity contribution in [1.29, 1.82) is 0 Å². The number of nitrogens with one attached hydrogen (secondary N) is 2. The lowest BCUT2D eigenvalue weighted by molar-refractivity contribution is -0.141.